The summed E-state index contributed by atoms with van der Waals surface area (Å²) in [6.07, 6.45) is 3.10. The van der Waals surface area contributed by atoms with Gasteiger partial charge in [0.05, 0.1) is 31.0 Å². The molecule has 2 aromatic rings. The van der Waals surface area contributed by atoms with Crippen molar-refractivity contribution in [1.29, 1.82) is 0 Å². The number of carbonyl (C=O) groups is 2. The molecule has 1 heterocycles. The molecule has 7 heteroatoms. The Morgan fingerprint density at radius 3 is 2.54 bits per heavy atom. The zero-order valence-electron chi connectivity index (χ0n) is 15.5. The van der Waals surface area contributed by atoms with E-state index in [2.05, 4.69) is 5.32 Å². The molecule has 2 aromatic carbocycles. The molecule has 0 unspecified atom stereocenters. The number of benzene rings is 2. The van der Waals surface area contributed by atoms with E-state index in [0.29, 0.717) is 42.6 Å². The normalized spacial score (nSPS) is 14.1. The Kier molecular flexibility index (Phi) is 6.68. The fourth-order valence-electron chi connectivity index (χ4n) is 2.76. The van der Waals surface area contributed by atoms with Crippen LogP contribution in [0, 0.1) is 0 Å². The lowest BCUT2D eigenvalue weighted by atomic mass is 10.1. The Morgan fingerprint density at radius 1 is 1.14 bits per heavy atom. The standard InChI is InChI=1S/C21H21ClN2O4/c1-27-17-6-2-15(3-7-17)4-9-20(25)23-19-14-16(5-8-18(19)22)21(26)24-10-12-28-13-11-24/h2-9,14H,10-13H2,1H3,(H,23,25)/b9-4+. The molecule has 1 aliphatic rings. The van der Waals surface area contributed by atoms with Crippen molar-refractivity contribution in [1.82, 2.24) is 4.90 Å². The van der Waals surface area contributed by atoms with Crippen LogP contribution in [0.25, 0.3) is 6.08 Å². The lowest BCUT2D eigenvalue weighted by Gasteiger charge is -2.27. The highest BCUT2D eigenvalue weighted by atomic mass is 35.5. The maximum Gasteiger partial charge on any atom is 0.254 e. The molecule has 1 fully saturated rings. The summed E-state index contributed by atoms with van der Waals surface area (Å²) in [5.74, 6) is 0.299. The van der Waals surface area contributed by atoms with Crippen LogP contribution in [-0.4, -0.2) is 50.1 Å². The SMILES string of the molecule is COc1ccc(/C=C/C(=O)Nc2cc(C(=O)N3CCOCC3)ccc2Cl)cc1. The summed E-state index contributed by atoms with van der Waals surface area (Å²) in [5, 5.41) is 3.09. The summed E-state index contributed by atoms with van der Waals surface area (Å²) in [6.45, 7) is 2.15. The van der Waals surface area contributed by atoms with Crippen LogP contribution >= 0.6 is 11.6 Å². The van der Waals surface area contributed by atoms with Crippen LogP contribution in [0.15, 0.2) is 48.5 Å². The second kappa shape index (κ2) is 9.39. The molecule has 0 aliphatic carbocycles. The number of rotatable bonds is 5. The molecule has 3 rings (SSSR count). The molecule has 2 amide bonds. The third-order valence-electron chi connectivity index (χ3n) is 4.31. The molecule has 0 atom stereocenters. The highest BCUT2D eigenvalue weighted by Gasteiger charge is 2.19. The minimum atomic E-state index is -0.339. The van der Waals surface area contributed by atoms with Crippen molar-refractivity contribution >= 4 is 35.2 Å². The van der Waals surface area contributed by atoms with Crippen molar-refractivity contribution in [2.75, 3.05) is 38.7 Å². The number of amides is 2. The van der Waals surface area contributed by atoms with Crippen molar-refractivity contribution in [3.05, 3.63) is 64.7 Å². The summed E-state index contributed by atoms with van der Waals surface area (Å²) in [5.41, 5.74) is 1.73. The van der Waals surface area contributed by atoms with Crippen molar-refractivity contribution < 1.29 is 19.1 Å². The molecule has 0 saturated carbocycles. The highest BCUT2D eigenvalue weighted by Crippen LogP contribution is 2.24. The topological polar surface area (TPSA) is 67.9 Å². The lowest BCUT2D eigenvalue weighted by Crippen LogP contribution is -2.40. The fraction of sp³-hybridized carbons (Fsp3) is 0.238. The Hall–Kier alpha value is -2.83. The van der Waals surface area contributed by atoms with Crippen LogP contribution < -0.4 is 10.1 Å². The molecular weight excluding hydrogens is 380 g/mol. The number of nitrogens with zero attached hydrogens (tertiary/aromatic N) is 1. The van der Waals surface area contributed by atoms with Gasteiger partial charge >= 0.3 is 0 Å². The van der Waals surface area contributed by atoms with Gasteiger partial charge in [-0.1, -0.05) is 23.7 Å². The van der Waals surface area contributed by atoms with Crippen LogP contribution in [0.5, 0.6) is 5.75 Å². The van der Waals surface area contributed by atoms with Crippen LogP contribution in [0.3, 0.4) is 0 Å². The molecule has 28 heavy (non-hydrogen) atoms. The molecule has 0 aromatic heterocycles. The number of carbonyl (C=O) groups excluding carboxylic acids is 2. The smallest absolute Gasteiger partial charge is 0.254 e. The average Bonchev–Trinajstić information content (AvgIpc) is 2.74. The van der Waals surface area contributed by atoms with Gasteiger partial charge in [0.2, 0.25) is 5.91 Å². The van der Waals surface area contributed by atoms with Crippen molar-refractivity contribution in [2.24, 2.45) is 0 Å². The molecular formula is C21H21ClN2O4. The minimum absolute atomic E-state index is 0.107. The van der Waals surface area contributed by atoms with Gasteiger partial charge in [-0.25, -0.2) is 0 Å². The highest BCUT2D eigenvalue weighted by molar-refractivity contribution is 6.34. The van der Waals surface area contributed by atoms with Crippen LogP contribution in [-0.2, 0) is 9.53 Å². The number of hydrogen-bond acceptors (Lipinski definition) is 4. The first kappa shape index (κ1) is 19.9. The summed E-state index contributed by atoms with van der Waals surface area (Å²) in [4.78, 5) is 26.6. The Balaban J connectivity index is 1.67. The number of morpholine rings is 1. The third-order valence-corrected chi connectivity index (χ3v) is 4.64. The third kappa shape index (κ3) is 5.12. The molecule has 1 aliphatic heterocycles. The monoisotopic (exact) mass is 400 g/mol. The quantitative estimate of drug-likeness (QED) is 0.780. The van der Waals surface area contributed by atoms with Gasteiger partial charge in [-0.3, -0.25) is 9.59 Å². The fourth-order valence-corrected chi connectivity index (χ4v) is 2.93. The van der Waals surface area contributed by atoms with E-state index in [1.54, 1.807) is 36.3 Å². The predicted octanol–water partition coefficient (Wildman–Crippen LogP) is 3.47. The van der Waals surface area contributed by atoms with E-state index in [1.165, 1.54) is 6.08 Å². The predicted molar refractivity (Wildman–Crippen MR) is 109 cm³/mol. The van der Waals surface area contributed by atoms with Gasteiger partial charge < -0.3 is 19.7 Å². The van der Waals surface area contributed by atoms with Crippen molar-refractivity contribution in [3.63, 3.8) is 0 Å². The van der Waals surface area contributed by atoms with E-state index < -0.39 is 0 Å². The first-order chi connectivity index (χ1) is 13.6. The van der Waals surface area contributed by atoms with E-state index in [0.717, 1.165) is 11.3 Å². The largest absolute Gasteiger partial charge is 0.497 e. The molecule has 146 valence electrons. The van der Waals surface area contributed by atoms with Crippen LogP contribution in [0.4, 0.5) is 5.69 Å². The minimum Gasteiger partial charge on any atom is -0.497 e. The summed E-state index contributed by atoms with van der Waals surface area (Å²) < 4.78 is 10.4. The summed E-state index contributed by atoms with van der Waals surface area (Å²) >= 11 is 6.18. The zero-order chi connectivity index (χ0) is 19.9. The molecule has 1 N–H and O–H groups in total. The van der Waals surface area contributed by atoms with Crippen molar-refractivity contribution in [3.8, 4) is 5.75 Å². The first-order valence-corrected chi connectivity index (χ1v) is 9.24. The van der Waals surface area contributed by atoms with E-state index in [1.807, 2.05) is 24.3 Å². The zero-order valence-corrected chi connectivity index (χ0v) is 16.2. The van der Waals surface area contributed by atoms with E-state index in [4.69, 9.17) is 21.1 Å². The second-order valence-corrected chi connectivity index (χ2v) is 6.60. The molecule has 6 nitrogen and oxygen atoms in total. The van der Waals surface area contributed by atoms with Gasteiger partial charge in [-0.2, -0.15) is 0 Å². The number of anilines is 1. The van der Waals surface area contributed by atoms with Gasteiger partial charge in [-0.05, 0) is 42.0 Å². The van der Waals surface area contributed by atoms with Gasteiger partial charge in [-0.15, -0.1) is 0 Å². The second-order valence-electron chi connectivity index (χ2n) is 6.19. The number of hydrogen-bond donors (Lipinski definition) is 1. The van der Waals surface area contributed by atoms with Crippen LogP contribution in [0.1, 0.15) is 15.9 Å². The Labute approximate surface area is 168 Å². The number of nitrogens with one attached hydrogen (secondary N) is 1. The Morgan fingerprint density at radius 2 is 1.86 bits per heavy atom. The van der Waals surface area contributed by atoms with E-state index in [-0.39, 0.29) is 11.8 Å². The maximum absolute atomic E-state index is 12.6. The summed E-state index contributed by atoms with van der Waals surface area (Å²) in [7, 11) is 1.60. The lowest BCUT2D eigenvalue weighted by molar-refractivity contribution is -0.111. The molecule has 0 spiro atoms. The van der Waals surface area contributed by atoms with Crippen LogP contribution in [0.2, 0.25) is 5.02 Å². The number of ether oxygens (including phenoxy) is 2. The van der Waals surface area contributed by atoms with Gasteiger partial charge in [0.15, 0.2) is 0 Å². The summed E-state index contributed by atoms with van der Waals surface area (Å²) in [6, 6.07) is 12.2. The average molecular weight is 401 g/mol. The van der Waals surface area contributed by atoms with Crippen molar-refractivity contribution in [2.45, 2.75) is 0 Å². The maximum atomic E-state index is 12.6. The first-order valence-electron chi connectivity index (χ1n) is 8.86. The number of halogens is 1. The molecule has 0 radical (unpaired) electrons. The van der Waals surface area contributed by atoms with Gasteiger partial charge in [0.25, 0.3) is 5.91 Å². The molecule has 0 bridgehead atoms. The molecule has 1 saturated heterocycles. The van der Waals surface area contributed by atoms with Gasteiger partial charge in [0, 0.05) is 24.7 Å². The van der Waals surface area contributed by atoms with Gasteiger partial charge in [0.1, 0.15) is 5.75 Å². The van der Waals surface area contributed by atoms with E-state index in [9.17, 15) is 9.59 Å². The van der Waals surface area contributed by atoms with E-state index >= 15 is 0 Å². The Bertz CT molecular complexity index is 874. The number of methoxy groups -OCH3 is 1.